The molecule has 4 aromatic rings. The van der Waals surface area contributed by atoms with Crippen molar-refractivity contribution < 1.29 is 28.2 Å². The van der Waals surface area contributed by atoms with Gasteiger partial charge in [-0.15, -0.1) is 0 Å². The number of aromatic nitrogens is 1. The van der Waals surface area contributed by atoms with E-state index < -0.39 is 0 Å². The number of hydrogen-bond acceptors (Lipinski definition) is 7. The first kappa shape index (κ1) is 22.0. The maximum atomic E-state index is 13.8. The van der Waals surface area contributed by atoms with Crippen LogP contribution in [0, 0.1) is 0 Å². The molecule has 3 aromatic carbocycles. The molecule has 7 nitrogen and oxygen atoms in total. The van der Waals surface area contributed by atoms with Crippen molar-refractivity contribution in [2.75, 3.05) is 28.4 Å². The molecule has 0 saturated heterocycles. The molecule has 0 bridgehead atoms. The van der Waals surface area contributed by atoms with E-state index in [2.05, 4.69) is 4.98 Å². The molecule has 0 aliphatic rings. The lowest BCUT2D eigenvalue weighted by Crippen LogP contribution is -2.05. The van der Waals surface area contributed by atoms with Crippen molar-refractivity contribution in [1.29, 1.82) is 0 Å². The molecule has 0 amide bonds. The number of oxazole rings is 1. The number of carbonyl (C=O) groups excluding carboxylic acids is 1. The van der Waals surface area contributed by atoms with Gasteiger partial charge in [-0.05, 0) is 48.0 Å². The van der Waals surface area contributed by atoms with Crippen molar-refractivity contribution in [3.8, 4) is 23.0 Å². The van der Waals surface area contributed by atoms with Crippen LogP contribution in [0.25, 0.3) is 22.7 Å². The molecule has 33 heavy (non-hydrogen) atoms. The summed E-state index contributed by atoms with van der Waals surface area (Å²) in [7, 11) is 6.10. The van der Waals surface area contributed by atoms with E-state index in [1.165, 1.54) is 21.3 Å². The minimum Gasteiger partial charge on any atom is -0.497 e. The number of allylic oxidation sites excluding steroid dienone is 1. The van der Waals surface area contributed by atoms with Crippen LogP contribution in [0.3, 0.4) is 0 Å². The van der Waals surface area contributed by atoms with E-state index in [1.807, 2.05) is 42.5 Å². The van der Waals surface area contributed by atoms with Crippen molar-refractivity contribution in [1.82, 2.24) is 4.98 Å². The van der Waals surface area contributed by atoms with Crippen LogP contribution < -0.4 is 18.9 Å². The Morgan fingerprint density at radius 1 is 0.848 bits per heavy atom. The van der Waals surface area contributed by atoms with E-state index in [4.69, 9.17) is 23.4 Å². The van der Waals surface area contributed by atoms with Crippen molar-refractivity contribution in [2.45, 2.75) is 0 Å². The van der Waals surface area contributed by atoms with E-state index in [9.17, 15) is 4.79 Å². The second-order valence-electron chi connectivity index (χ2n) is 7.06. The first-order chi connectivity index (χ1) is 16.1. The van der Waals surface area contributed by atoms with Crippen LogP contribution in [0.4, 0.5) is 0 Å². The van der Waals surface area contributed by atoms with Gasteiger partial charge in [-0.1, -0.05) is 24.3 Å². The van der Waals surface area contributed by atoms with Gasteiger partial charge in [-0.3, -0.25) is 4.79 Å². The predicted molar refractivity (Wildman–Crippen MR) is 125 cm³/mol. The van der Waals surface area contributed by atoms with Crippen LogP contribution in [0.5, 0.6) is 23.0 Å². The summed E-state index contributed by atoms with van der Waals surface area (Å²) in [6.07, 6.45) is 1.72. The Labute approximate surface area is 191 Å². The highest BCUT2D eigenvalue weighted by Gasteiger charge is 2.24. The van der Waals surface area contributed by atoms with E-state index in [-0.39, 0.29) is 17.2 Å². The molecule has 1 heterocycles. The highest BCUT2D eigenvalue weighted by Crippen LogP contribution is 2.39. The standard InChI is InChI=1S/C26H23NO6/c1-29-18-9-7-8-16(12-18)13-19(26-27-20-10-5-6-11-21(20)33-26)24(28)17-14-22(30-2)25(32-4)23(15-17)31-3/h5-15H,1-4H3/b19-13+. The largest absolute Gasteiger partial charge is 0.497 e. The number of benzene rings is 3. The monoisotopic (exact) mass is 445 g/mol. The molecular formula is C26H23NO6. The molecule has 0 fully saturated rings. The molecule has 0 saturated carbocycles. The van der Waals surface area contributed by atoms with Crippen molar-refractivity contribution in [2.24, 2.45) is 0 Å². The van der Waals surface area contributed by atoms with Gasteiger partial charge >= 0.3 is 0 Å². The van der Waals surface area contributed by atoms with Gasteiger partial charge < -0.3 is 23.4 Å². The second-order valence-corrected chi connectivity index (χ2v) is 7.06. The minimum atomic E-state index is -0.316. The number of nitrogens with zero attached hydrogens (tertiary/aromatic N) is 1. The van der Waals surface area contributed by atoms with Crippen molar-refractivity contribution in [3.05, 3.63) is 77.7 Å². The first-order valence-corrected chi connectivity index (χ1v) is 10.1. The molecule has 0 spiro atoms. The molecule has 7 heteroatoms. The summed E-state index contributed by atoms with van der Waals surface area (Å²) >= 11 is 0. The fourth-order valence-corrected chi connectivity index (χ4v) is 3.48. The molecule has 4 rings (SSSR count). The maximum Gasteiger partial charge on any atom is 0.231 e. The number of carbonyl (C=O) groups is 1. The van der Waals surface area contributed by atoms with Gasteiger partial charge in [0, 0.05) is 5.56 Å². The summed E-state index contributed by atoms with van der Waals surface area (Å²) in [5.41, 5.74) is 2.60. The summed E-state index contributed by atoms with van der Waals surface area (Å²) in [6.45, 7) is 0. The van der Waals surface area contributed by atoms with Crippen LogP contribution in [0.15, 0.2) is 65.1 Å². The van der Waals surface area contributed by atoms with E-state index >= 15 is 0 Å². The third-order valence-corrected chi connectivity index (χ3v) is 5.10. The van der Waals surface area contributed by atoms with Gasteiger partial charge in [0.05, 0.1) is 34.0 Å². The lowest BCUT2D eigenvalue weighted by Gasteiger charge is -2.14. The summed E-state index contributed by atoms with van der Waals surface area (Å²) in [5, 5.41) is 0. The molecular weight excluding hydrogens is 422 g/mol. The van der Waals surface area contributed by atoms with Crippen LogP contribution >= 0.6 is 0 Å². The van der Waals surface area contributed by atoms with E-state index in [0.29, 0.717) is 39.7 Å². The van der Waals surface area contributed by atoms with Crippen LogP contribution in [0.2, 0.25) is 0 Å². The van der Waals surface area contributed by atoms with E-state index in [1.54, 1.807) is 31.4 Å². The molecule has 0 aliphatic carbocycles. The summed E-state index contributed by atoms with van der Waals surface area (Å²) in [4.78, 5) is 18.3. The summed E-state index contributed by atoms with van der Waals surface area (Å²) < 4.78 is 27.5. The lowest BCUT2D eigenvalue weighted by molar-refractivity contribution is 0.105. The number of ether oxygens (including phenoxy) is 4. The molecule has 0 N–H and O–H groups in total. The molecule has 0 radical (unpaired) electrons. The fourth-order valence-electron chi connectivity index (χ4n) is 3.48. The zero-order chi connectivity index (χ0) is 23.4. The Hall–Kier alpha value is -4.26. The van der Waals surface area contributed by atoms with Crippen LogP contribution in [-0.4, -0.2) is 39.2 Å². The van der Waals surface area contributed by atoms with Crippen molar-refractivity contribution >= 4 is 28.5 Å². The molecule has 1 aromatic heterocycles. The number of methoxy groups -OCH3 is 4. The zero-order valence-corrected chi connectivity index (χ0v) is 18.7. The molecule has 0 unspecified atom stereocenters. The van der Waals surface area contributed by atoms with Gasteiger partial charge in [0.15, 0.2) is 22.9 Å². The van der Waals surface area contributed by atoms with Gasteiger partial charge in [0.25, 0.3) is 0 Å². The zero-order valence-electron chi connectivity index (χ0n) is 18.7. The fraction of sp³-hybridized carbons (Fsp3) is 0.154. The van der Waals surface area contributed by atoms with Gasteiger partial charge in [0.1, 0.15) is 11.3 Å². The third-order valence-electron chi connectivity index (χ3n) is 5.10. The average Bonchev–Trinajstić information content (AvgIpc) is 3.30. The highest BCUT2D eigenvalue weighted by atomic mass is 16.5. The quantitative estimate of drug-likeness (QED) is 0.269. The lowest BCUT2D eigenvalue weighted by atomic mass is 9.99. The first-order valence-electron chi connectivity index (χ1n) is 10.1. The molecule has 0 aliphatic heterocycles. The van der Waals surface area contributed by atoms with Crippen LogP contribution in [-0.2, 0) is 0 Å². The van der Waals surface area contributed by atoms with Gasteiger partial charge in [-0.25, -0.2) is 4.98 Å². The second kappa shape index (κ2) is 9.48. The third kappa shape index (κ3) is 4.39. The highest BCUT2D eigenvalue weighted by molar-refractivity contribution is 6.31. The Bertz CT molecular complexity index is 1280. The average molecular weight is 445 g/mol. The predicted octanol–water partition coefficient (Wildman–Crippen LogP) is 5.29. The smallest absolute Gasteiger partial charge is 0.231 e. The minimum absolute atomic E-state index is 0.206. The Morgan fingerprint density at radius 3 is 2.21 bits per heavy atom. The Kier molecular flexibility index (Phi) is 6.31. The Balaban J connectivity index is 1.89. The normalized spacial score (nSPS) is 11.3. The summed E-state index contributed by atoms with van der Waals surface area (Å²) in [6, 6.07) is 17.9. The van der Waals surface area contributed by atoms with Gasteiger partial charge in [0.2, 0.25) is 11.6 Å². The number of hydrogen-bond donors (Lipinski definition) is 0. The number of para-hydroxylation sites is 2. The maximum absolute atomic E-state index is 13.8. The van der Waals surface area contributed by atoms with E-state index in [0.717, 1.165) is 5.56 Å². The number of ketones is 1. The number of rotatable bonds is 8. The topological polar surface area (TPSA) is 80.0 Å². The van der Waals surface area contributed by atoms with Crippen molar-refractivity contribution in [3.63, 3.8) is 0 Å². The Morgan fingerprint density at radius 2 is 1.58 bits per heavy atom. The number of fused-ring (bicyclic) bond motifs is 1. The molecule has 0 atom stereocenters. The summed E-state index contributed by atoms with van der Waals surface area (Å²) in [5.74, 6) is 1.70. The SMILES string of the molecule is COc1cccc(/C=C(\C(=O)c2cc(OC)c(OC)c(OC)c2)c2nc3ccccc3o2)c1. The molecule has 168 valence electrons. The number of Topliss-reactive ketones (excluding diaryl/α,β-unsaturated/α-hetero) is 1. The van der Waals surface area contributed by atoms with Gasteiger partial charge in [-0.2, -0.15) is 0 Å². The van der Waals surface area contributed by atoms with Crippen LogP contribution in [0.1, 0.15) is 21.8 Å².